The number of rotatable bonds is 19. The normalized spacial score (nSPS) is 14.0. The van der Waals surface area contributed by atoms with Gasteiger partial charge in [0.05, 0.1) is 13.0 Å². The van der Waals surface area contributed by atoms with Gasteiger partial charge in [-0.05, 0) is 53.8 Å². The number of aliphatic hydroxyl groups excluding tert-OH is 1. The van der Waals surface area contributed by atoms with Crippen molar-refractivity contribution in [3.63, 3.8) is 0 Å². The highest BCUT2D eigenvalue weighted by molar-refractivity contribution is 7.98. The van der Waals surface area contributed by atoms with E-state index in [1.807, 2.05) is 0 Å². The molecule has 17 heteroatoms. The van der Waals surface area contributed by atoms with Crippen LogP contribution >= 0.6 is 11.8 Å². The maximum atomic E-state index is 13.7. The zero-order valence-electron chi connectivity index (χ0n) is 25.5. The van der Waals surface area contributed by atoms with Gasteiger partial charge >= 0.3 is 5.97 Å². The van der Waals surface area contributed by atoms with Crippen molar-refractivity contribution in [1.29, 1.82) is 0 Å². The van der Waals surface area contributed by atoms with Crippen LogP contribution in [0.4, 0.5) is 0 Å². The molecule has 16 nitrogen and oxygen atoms in total. The summed E-state index contributed by atoms with van der Waals surface area (Å²) < 4.78 is 0. The van der Waals surface area contributed by atoms with Crippen LogP contribution in [0.3, 0.4) is 0 Å². The van der Waals surface area contributed by atoms with Gasteiger partial charge in [0.15, 0.2) is 0 Å². The van der Waals surface area contributed by atoms with Gasteiger partial charge in [-0.2, -0.15) is 11.8 Å². The zero-order valence-corrected chi connectivity index (χ0v) is 26.4. The number of nitrogens with two attached hydrogens (primary N) is 2. The molecule has 256 valence electrons. The molecule has 0 saturated heterocycles. The van der Waals surface area contributed by atoms with Crippen LogP contribution < -0.4 is 32.7 Å². The molecule has 12 N–H and O–H groups in total. The van der Waals surface area contributed by atoms with Crippen molar-refractivity contribution in [2.75, 3.05) is 18.6 Å². The van der Waals surface area contributed by atoms with E-state index in [4.69, 9.17) is 11.5 Å². The van der Waals surface area contributed by atoms with Gasteiger partial charge in [-0.15, -0.1) is 0 Å². The zero-order chi connectivity index (χ0) is 35.1. The standard InChI is InChI=1S/C30H40N6O10S/c1-47-11-10-21(27(42)36-24(30(45)46)14-25(32)40)33-28(43)23(13-17-4-8-19(39)9-5-17)35-29(44)22(34-26(41)20(31)15-37)12-16-2-6-18(38)7-3-16/h2-9,20-24,37-39H,10-15,31H2,1H3,(H2,32,40)(H,33,43)(H,34,41)(H,35,44)(H,36,42)(H,45,46)/t20-,21-,22-,23-,24-/m0/s1. The van der Waals surface area contributed by atoms with Crippen molar-refractivity contribution in [3.05, 3.63) is 59.7 Å². The van der Waals surface area contributed by atoms with E-state index in [1.165, 1.54) is 60.3 Å². The Kier molecular flexibility index (Phi) is 15.4. The Balaban J connectivity index is 2.39. The van der Waals surface area contributed by atoms with Gasteiger partial charge in [-0.3, -0.25) is 24.0 Å². The summed E-state index contributed by atoms with van der Waals surface area (Å²) in [5, 5.41) is 47.9. The molecule has 2 rings (SSSR count). The number of hydrogen-bond acceptors (Lipinski definition) is 11. The average Bonchev–Trinajstić information content (AvgIpc) is 3.03. The van der Waals surface area contributed by atoms with Crippen molar-refractivity contribution in [1.82, 2.24) is 21.3 Å². The molecular formula is C30H40N6O10S. The number of phenolic OH excluding ortho intramolecular Hbond substituents is 2. The number of carbonyl (C=O) groups is 6. The number of thioether (sulfide) groups is 1. The summed E-state index contributed by atoms with van der Waals surface area (Å²) >= 11 is 1.35. The Morgan fingerprint density at radius 2 is 1.11 bits per heavy atom. The number of aromatic hydroxyl groups is 2. The molecule has 2 aromatic rings. The summed E-state index contributed by atoms with van der Waals surface area (Å²) in [6.07, 6.45) is 0.893. The summed E-state index contributed by atoms with van der Waals surface area (Å²) in [5.74, 6) is -5.59. The Morgan fingerprint density at radius 1 is 0.702 bits per heavy atom. The second-order valence-electron chi connectivity index (χ2n) is 10.6. The van der Waals surface area contributed by atoms with Gasteiger partial charge in [0, 0.05) is 12.8 Å². The van der Waals surface area contributed by atoms with Crippen molar-refractivity contribution in [3.8, 4) is 11.5 Å². The van der Waals surface area contributed by atoms with Crippen molar-refractivity contribution < 1.29 is 49.2 Å². The van der Waals surface area contributed by atoms with Gasteiger partial charge in [0.1, 0.15) is 41.7 Å². The molecule has 0 aromatic heterocycles. The minimum absolute atomic E-state index is 0.0314. The second-order valence-corrected chi connectivity index (χ2v) is 11.6. The predicted octanol–water partition coefficient (Wildman–Crippen LogP) is -2.15. The largest absolute Gasteiger partial charge is 0.508 e. The van der Waals surface area contributed by atoms with E-state index in [2.05, 4.69) is 21.3 Å². The summed E-state index contributed by atoms with van der Waals surface area (Å²) in [4.78, 5) is 75.9. The topological polar surface area (TPSA) is 284 Å². The van der Waals surface area contributed by atoms with Gasteiger partial charge in [-0.1, -0.05) is 24.3 Å². The summed E-state index contributed by atoms with van der Waals surface area (Å²) in [6, 6.07) is 4.63. The number of primary amides is 1. The van der Waals surface area contributed by atoms with Crippen LogP contribution in [-0.2, 0) is 41.6 Å². The molecule has 0 aliphatic rings. The van der Waals surface area contributed by atoms with Gasteiger partial charge in [0.25, 0.3) is 0 Å². The molecule has 0 saturated carbocycles. The molecule has 0 radical (unpaired) electrons. The van der Waals surface area contributed by atoms with E-state index in [0.29, 0.717) is 16.9 Å². The van der Waals surface area contributed by atoms with E-state index >= 15 is 0 Å². The van der Waals surface area contributed by atoms with Crippen LogP contribution in [0.2, 0.25) is 0 Å². The Bertz CT molecular complexity index is 1390. The number of carboxylic acids is 1. The maximum absolute atomic E-state index is 13.7. The number of amides is 5. The van der Waals surface area contributed by atoms with Crippen molar-refractivity contribution >= 4 is 47.3 Å². The number of carboxylic acid groups (broad SMARTS) is 1. The third-order valence-electron chi connectivity index (χ3n) is 6.82. The summed E-state index contributed by atoms with van der Waals surface area (Å²) in [5.41, 5.74) is 11.8. The Labute approximate surface area is 274 Å². The number of hydrogen-bond donors (Lipinski definition) is 10. The lowest BCUT2D eigenvalue weighted by Crippen LogP contribution is -2.59. The number of aliphatic carboxylic acids is 1. The molecule has 2 aromatic carbocycles. The third-order valence-corrected chi connectivity index (χ3v) is 7.46. The van der Waals surface area contributed by atoms with Crippen molar-refractivity contribution in [2.24, 2.45) is 11.5 Å². The monoisotopic (exact) mass is 676 g/mol. The first-order chi connectivity index (χ1) is 22.2. The second kappa shape index (κ2) is 18.9. The maximum Gasteiger partial charge on any atom is 0.326 e. The fourth-order valence-electron chi connectivity index (χ4n) is 4.24. The molecule has 0 aliphatic carbocycles. The highest BCUT2D eigenvalue weighted by atomic mass is 32.2. The minimum atomic E-state index is -1.64. The van der Waals surface area contributed by atoms with Gasteiger partial charge in [-0.25, -0.2) is 4.79 Å². The number of phenols is 2. The molecule has 0 spiro atoms. The number of carbonyl (C=O) groups excluding carboxylic acids is 5. The van der Waals surface area contributed by atoms with Crippen LogP contribution in [0.5, 0.6) is 11.5 Å². The van der Waals surface area contributed by atoms with E-state index in [1.54, 1.807) is 6.26 Å². The molecule has 5 amide bonds. The Morgan fingerprint density at radius 3 is 1.51 bits per heavy atom. The van der Waals surface area contributed by atoms with Crippen LogP contribution in [0.15, 0.2) is 48.5 Å². The SMILES string of the molecule is CSCC[C@H](NC(=O)[C@H](Cc1ccc(O)cc1)NC(=O)[C@H](Cc1ccc(O)cc1)NC(=O)[C@@H](N)CO)C(=O)N[C@@H](CC(N)=O)C(=O)O. The van der Waals surface area contributed by atoms with Crippen LogP contribution in [0.25, 0.3) is 0 Å². The first-order valence-corrected chi connectivity index (χ1v) is 15.8. The number of nitrogens with one attached hydrogen (secondary N) is 4. The molecule has 0 aliphatic heterocycles. The smallest absolute Gasteiger partial charge is 0.326 e. The first-order valence-electron chi connectivity index (χ1n) is 14.4. The molecule has 0 unspecified atom stereocenters. The van der Waals surface area contributed by atoms with Crippen molar-refractivity contribution in [2.45, 2.75) is 55.9 Å². The van der Waals surface area contributed by atoms with E-state index < -0.39 is 78.7 Å². The fraction of sp³-hybridized carbons (Fsp3) is 0.400. The molecule has 0 heterocycles. The van der Waals surface area contributed by atoms with Crippen LogP contribution in [-0.4, -0.2) is 105 Å². The average molecular weight is 677 g/mol. The summed E-state index contributed by atoms with van der Waals surface area (Å²) in [6.45, 7) is -0.701. The lowest BCUT2D eigenvalue weighted by Gasteiger charge is -2.26. The van der Waals surface area contributed by atoms with E-state index in [9.17, 15) is 49.2 Å². The molecule has 0 fully saturated rings. The number of benzene rings is 2. The Hall–Kier alpha value is -4.87. The van der Waals surface area contributed by atoms with Gasteiger partial charge in [0.2, 0.25) is 29.5 Å². The lowest BCUT2D eigenvalue weighted by atomic mass is 10.0. The lowest BCUT2D eigenvalue weighted by molar-refractivity contribution is -0.143. The minimum Gasteiger partial charge on any atom is -0.508 e. The highest BCUT2D eigenvalue weighted by Gasteiger charge is 2.32. The van der Waals surface area contributed by atoms with Gasteiger partial charge < -0.3 is 53.2 Å². The first kappa shape index (κ1) is 38.3. The van der Waals surface area contributed by atoms with Crippen LogP contribution in [0, 0.1) is 0 Å². The van der Waals surface area contributed by atoms with E-state index in [-0.39, 0.29) is 30.8 Å². The third kappa shape index (κ3) is 13.2. The molecule has 0 bridgehead atoms. The number of aliphatic hydroxyl groups is 1. The van der Waals surface area contributed by atoms with Crippen LogP contribution in [0.1, 0.15) is 24.0 Å². The molecule has 47 heavy (non-hydrogen) atoms. The molecule has 5 atom stereocenters. The molecular weight excluding hydrogens is 636 g/mol. The van der Waals surface area contributed by atoms with E-state index in [0.717, 1.165) is 0 Å². The highest BCUT2D eigenvalue weighted by Crippen LogP contribution is 2.14. The fourth-order valence-corrected chi connectivity index (χ4v) is 4.71. The summed E-state index contributed by atoms with van der Waals surface area (Å²) in [7, 11) is 0. The predicted molar refractivity (Wildman–Crippen MR) is 171 cm³/mol. The quantitative estimate of drug-likeness (QED) is 0.0763.